The molecule has 31 heavy (non-hydrogen) atoms. The Morgan fingerprint density at radius 3 is 2.45 bits per heavy atom. The summed E-state index contributed by atoms with van der Waals surface area (Å²) in [7, 11) is 0. The Labute approximate surface area is 178 Å². The molecular formula is C24H21F2N3O2. The lowest BCUT2D eigenvalue weighted by molar-refractivity contribution is 0.0999. The van der Waals surface area contributed by atoms with Crippen molar-refractivity contribution in [2.75, 3.05) is 0 Å². The number of aromatic nitrogens is 2. The zero-order chi connectivity index (χ0) is 22.5. The summed E-state index contributed by atoms with van der Waals surface area (Å²) in [5.41, 5.74) is 7.93. The van der Waals surface area contributed by atoms with E-state index in [9.17, 15) is 13.6 Å². The van der Waals surface area contributed by atoms with Gasteiger partial charge >= 0.3 is 0 Å². The number of benzene rings is 2. The third-order valence-electron chi connectivity index (χ3n) is 4.47. The molecule has 2 aromatic carbocycles. The van der Waals surface area contributed by atoms with E-state index in [-0.39, 0.29) is 5.52 Å². The fourth-order valence-corrected chi connectivity index (χ4v) is 3.05. The molecule has 0 aliphatic rings. The maximum Gasteiger partial charge on any atom is 0.248 e. The maximum atomic E-state index is 13.8. The molecule has 1 amide bonds. The van der Waals surface area contributed by atoms with E-state index in [0.717, 1.165) is 17.2 Å². The molecule has 0 saturated carbocycles. The minimum Gasteiger partial charge on any atom is -0.456 e. The van der Waals surface area contributed by atoms with Gasteiger partial charge in [0.1, 0.15) is 17.0 Å². The summed E-state index contributed by atoms with van der Waals surface area (Å²) in [4.78, 5) is 19.7. The molecule has 0 fully saturated rings. The molecule has 2 aromatic heterocycles. The molecule has 2 N–H and O–H groups in total. The molecule has 0 radical (unpaired) electrons. The van der Waals surface area contributed by atoms with Gasteiger partial charge in [0.15, 0.2) is 11.6 Å². The van der Waals surface area contributed by atoms with Gasteiger partial charge in [0.25, 0.3) is 0 Å². The molecule has 0 aliphatic heterocycles. The quantitative estimate of drug-likeness (QED) is 0.452. The van der Waals surface area contributed by atoms with Crippen LogP contribution in [0.5, 0.6) is 11.5 Å². The molecule has 0 bridgehead atoms. The number of aryl methyl sites for hydroxylation is 1. The van der Waals surface area contributed by atoms with Crippen LogP contribution in [0.15, 0.2) is 60.9 Å². The number of halogens is 2. The van der Waals surface area contributed by atoms with Crippen molar-refractivity contribution in [2.24, 2.45) is 5.73 Å². The Morgan fingerprint density at radius 1 is 0.968 bits per heavy atom. The van der Waals surface area contributed by atoms with Gasteiger partial charge < -0.3 is 10.5 Å². The van der Waals surface area contributed by atoms with Crippen molar-refractivity contribution in [3.63, 3.8) is 0 Å². The van der Waals surface area contributed by atoms with Gasteiger partial charge in [-0.25, -0.2) is 13.8 Å². The number of ether oxygens (including phenoxy) is 1. The van der Waals surface area contributed by atoms with Crippen LogP contribution in [-0.4, -0.2) is 15.9 Å². The number of nitrogens with two attached hydrogens (primary N) is 1. The number of nitrogens with zero attached hydrogens (tertiary/aromatic N) is 2. The first kappa shape index (κ1) is 21.8. The van der Waals surface area contributed by atoms with E-state index in [0.29, 0.717) is 28.1 Å². The van der Waals surface area contributed by atoms with Crippen LogP contribution in [0.2, 0.25) is 0 Å². The molecular weight excluding hydrogens is 400 g/mol. The van der Waals surface area contributed by atoms with E-state index in [2.05, 4.69) is 9.97 Å². The van der Waals surface area contributed by atoms with Crippen molar-refractivity contribution in [1.29, 1.82) is 0 Å². The van der Waals surface area contributed by atoms with Crippen molar-refractivity contribution < 1.29 is 18.3 Å². The third kappa shape index (κ3) is 4.66. The van der Waals surface area contributed by atoms with Gasteiger partial charge in [0.2, 0.25) is 5.91 Å². The Morgan fingerprint density at radius 2 is 1.74 bits per heavy atom. The van der Waals surface area contributed by atoms with Crippen LogP contribution < -0.4 is 10.5 Å². The zero-order valence-corrected chi connectivity index (χ0v) is 17.3. The molecule has 0 atom stereocenters. The van der Waals surface area contributed by atoms with Gasteiger partial charge in [-0.05, 0) is 48.9 Å². The van der Waals surface area contributed by atoms with Gasteiger partial charge in [-0.3, -0.25) is 9.78 Å². The third-order valence-corrected chi connectivity index (χ3v) is 4.47. The van der Waals surface area contributed by atoms with Crippen LogP contribution in [0.1, 0.15) is 29.8 Å². The molecule has 0 spiro atoms. The van der Waals surface area contributed by atoms with Crippen molar-refractivity contribution in [1.82, 2.24) is 9.97 Å². The predicted molar refractivity (Wildman–Crippen MR) is 116 cm³/mol. The number of rotatable bonds is 4. The predicted octanol–water partition coefficient (Wildman–Crippen LogP) is 5.80. The van der Waals surface area contributed by atoms with E-state index in [4.69, 9.17) is 10.5 Å². The van der Waals surface area contributed by atoms with Crippen LogP contribution >= 0.6 is 0 Å². The number of carbonyl (C=O) groups excluding carboxylic acids is 1. The van der Waals surface area contributed by atoms with Crippen molar-refractivity contribution in [3.8, 4) is 22.8 Å². The van der Waals surface area contributed by atoms with Crippen LogP contribution in [0.3, 0.4) is 0 Å². The average Bonchev–Trinajstić information content (AvgIpc) is 2.77. The van der Waals surface area contributed by atoms with Crippen molar-refractivity contribution in [3.05, 3.63) is 83.7 Å². The maximum absolute atomic E-state index is 13.8. The van der Waals surface area contributed by atoms with Gasteiger partial charge in [-0.2, -0.15) is 0 Å². The van der Waals surface area contributed by atoms with Crippen molar-refractivity contribution in [2.45, 2.75) is 20.8 Å². The summed E-state index contributed by atoms with van der Waals surface area (Å²) in [6, 6.07) is 12.7. The highest BCUT2D eigenvalue weighted by atomic mass is 19.2. The molecule has 4 aromatic rings. The first-order valence-corrected chi connectivity index (χ1v) is 9.71. The fraction of sp³-hybridized carbons (Fsp3) is 0.125. The number of carbonyl (C=O) groups is 1. The van der Waals surface area contributed by atoms with Crippen LogP contribution in [0.4, 0.5) is 8.78 Å². The van der Waals surface area contributed by atoms with E-state index >= 15 is 0 Å². The van der Waals surface area contributed by atoms with E-state index in [1.807, 2.05) is 19.9 Å². The van der Waals surface area contributed by atoms with Gasteiger partial charge in [0.05, 0.1) is 11.9 Å². The highest BCUT2D eigenvalue weighted by molar-refractivity contribution is 5.94. The number of primary amides is 1. The van der Waals surface area contributed by atoms with Crippen LogP contribution in [0.25, 0.3) is 22.2 Å². The lowest BCUT2D eigenvalue weighted by Crippen LogP contribution is -2.12. The summed E-state index contributed by atoms with van der Waals surface area (Å²) in [5, 5.41) is 0.424. The Hall–Kier alpha value is -3.87. The van der Waals surface area contributed by atoms with Crippen LogP contribution in [0, 0.1) is 18.6 Å². The minimum atomic E-state index is -0.991. The number of fused-ring (bicyclic) bond motifs is 1. The monoisotopic (exact) mass is 421 g/mol. The molecule has 0 aliphatic carbocycles. The summed E-state index contributed by atoms with van der Waals surface area (Å²) in [6.07, 6.45) is 2.92. The average molecular weight is 421 g/mol. The second-order valence-electron chi connectivity index (χ2n) is 6.48. The molecule has 5 nitrogen and oxygen atoms in total. The second kappa shape index (κ2) is 9.30. The Bertz CT molecular complexity index is 1260. The SMILES string of the molecule is CC.Cc1cc(-c2cc(Oc3cnc4c(F)c(F)ccc4c3)ccn2)ccc1C(N)=O. The highest BCUT2D eigenvalue weighted by Gasteiger charge is 2.11. The largest absolute Gasteiger partial charge is 0.456 e. The van der Waals surface area contributed by atoms with Gasteiger partial charge in [-0.1, -0.05) is 19.9 Å². The normalized spacial score (nSPS) is 10.4. The molecule has 0 unspecified atom stereocenters. The lowest BCUT2D eigenvalue weighted by atomic mass is 10.0. The smallest absolute Gasteiger partial charge is 0.248 e. The topological polar surface area (TPSA) is 78.1 Å². The van der Waals surface area contributed by atoms with E-state index < -0.39 is 17.5 Å². The summed E-state index contributed by atoms with van der Waals surface area (Å²) in [5.74, 6) is -1.55. The minimum absolute atomic E-state index is 0.0576. The Kier molecular flexibility index (Phi) is 6.55. The summed E-state index contributed by atoms with van der Waals surface area (Å²) >= 11 is 0. The van der Waals surface area contributed by atoms with Gasteiger partial charge in [-0.15, -0.1) is 0 Å². The lowest BCUT2D eigenvalue weighted by Gasteiger charge is -2.09. The number of pyridine rings is 2. The van der Waals surface area contributed by atoms with Gasteiger partial charge in [0, 0.05) is 28.8 Å². The van der Waals surface area contributed by atoms with E-state index in [1.54, 1.807) is 43.5 Å². The second-order valence-corrected chi connectivity index (χ2v) is 6.48. The van der Waals surface area contributed by atoms with Crippen LogP contribution in [-0.2, 0) is 0 Å². The highest BCUT2D eigenvalue weighted by Crippen LogP contribution is 2.29. The number of hydrogen-bond donors (Lipinski definition) is 1. The first-order valence-electron chi connectivity index (χ1n) is 9.71. The first-order chi connectivity index (χ1) is 14.9. The van der Waals surface area contributed by atoms with Crippen molar-refractivity contribution >= 4 is 16.8 Å². The molecule has 2 heterocycles. The summed E-state index contributed by atoms with van der Waals surface area (Å²) < 4.78 is 32.9. The zero-order valence-electron chi connectivity index (χ0n) is 17.3. The summed E-state index contributed by atoms with van der Waals surface area (Å²) in [6.45, 7) is 5.80. The molecule has 158 valence electrons. The molecule has 4 rings (SSSR count). The number of amides is 1. The fourth-order valence-electron chi connectivity index (χ4n) is 3.05. The Balaban J connectivity index is 0.00000132. The molecule has 7 heteroatoms. The number of hydrogen-bond acceptors (Lipinski definition) is 4. The van der Waals surface area contributed by atoms with E-state index in [1.165, 1.54) is 12.3 Å². The molecule has 0 saturated heterocycles. The standard InChI is InChI=1S/C22H15F2N3O2.C2H6/c1-12-8-13(2-4-17(12)22(25)28)19-10-15(6-7-26-19)29-16-9-14-3-5-18(23)20(24)21(14)27-11-16;1-2/h2-11H,1H3,(H2,25,28);1-2H3.